The number of nitrogens with one attached hydrogen (secondary N) is 1. The minimum atomic E-state index is 0.153. The fourth-order valence-electron chi connectivity index (χ4n) is 2.65. The van der Waals surface area contributed by atoms with Crippen molar-refractivity contribution in [2.24, 2.45) is 5.92 Å². The molecule has 5 nitrogen and oxygen atoms in total. The molecule has 0 bridgehead atoms. The Bertz CT molecular complexity index is 646. The van der Waals surface area contributed by atoms with Crippen LogP contribution in [0.4, 0.5) is 5.82 Å². The number of hydrogen-bond acceptors (Lipinski definition) is 5. The molecular weight excluding hydrogens is 284 g/mol. The molecule has 3 rings (SSSR count). The van der Waals surface area contributed by atoms with Gasteiger partial charge in [-0.2, -0.15) is 0 Å². The molecule has 3 heterocycles. The summed E-state index contributed by atoms with van der Waals surface area (Å²) in [4.78, 5) is 24.9. The second-order valence-electron chi connectivity index (χ2n) is 5.72. The summed E-state index contributed by atoms with van der Waals surface area (Å²) in [5.74, 6) is 1.64. The van der Waals surface area contributed by atoms with E-state index in [4.69, 9.17) is 0 Å². The zero-order valence-electron chi connectivity index (χ0n) is 12.4. The van der Waals surface area contributed by atoms with Crippen LogP contribution in [0.3, 0.4) is 0 Å². The van der Waals surface area contributed by atoms with Crippen LogP contribution in [-0.2, 0) is 4.79 Å². The van der Waals surface area contributed by atoms with Crippen molar-refractivity contribution in [2.45, 2.75) is 26.7 Å². The maximum Gasteiger partial charge on any atom is 0.241 e. The van der Waals surface area contributed by atoms with E-state index in [9.17, 15) is 4.79 Å². The number of amides is 1. The van der Waals surface area contributed by atoms with Gasteiger partial charge in [0.05, 0.1) is 11.9 Å². The molecule has 112 valence electrons. The number of likely N-dealkylation sites (tertiary alicyclic amines) is 1. The first-order valence-electron chi connectivity index (χ1n) is 7.36. The van der Waals surface area contributed by atoms with Crippen LogP contribution in [0.5, 0.6) is 0 Å². The van der Waals surface area contributed by atoms with Crippen molar-refractivity contribution in [3.63, 3.8) is 0 Å². The Balaban J connectivity index is 1.65. The summed E-state index contributed by atoms with van der Waals surface area (Å²) in [6, 6.07) is 2.06. The fourth-order valence-corrected chi connectivity index (χ4v) is 3.49. The SMILES string of the molecule is Cc1cc2c(NCC(=O)N3CCC(C)CC3)ncnc2s1. The van der Waals surface area contributed by atoms with Crippen molar-refractivity contribution >= 4 is 33.3 Å². The average Bonchev–Trinajstić information content (AvgIpc) is 2.86. The lowest BCUT2D eigenvalue weighted by atomic mass is 9.99. The van der Waals surface area contributed by atoms with Gasteiger partial charge >= 0.3 is 0 Å². The largest absolute Gasteiger partial charge is 0.360 e. The summed E-state index contributed by atoms with van der Waals surface area (Å²) >= 11 is 1.64. The number of thiophene rings is 1. The zero-order chi connectivity index (χ0) is 14.8. The minimum Gasteiger partial charge on any atom is -0.360 e. The summed E-state index contributed by atoms with van der Waals surface area (Å²) in [5.41, 5.74) is 0. The van der Waals surface area contributed by atoms with Gasteiger partial charge in [-0.3, -0.25) is 4.79 Å². The van der Waals surface area contributed by atoms with Crippen LogP contribution in [0.1, 0.15) is 24.6 Å². The van der Waals surface area contributed by atoms with Crippen LogP contribution >= 0.6 is 11.3 Å². The van der Waals surface area contributed by atoms with Crippen LogP contribution in [0.15, 0.2) is 12.4 Å². The van der Waals surface area contributed by atoms with E-state index in [0.29, 0.717) is 6.54 Å². The van der Waals surface area contributed by atoms with Gasteiger partial charge in [-0.25, -0.2) is 9.97 Å². The number of hydrogen-bond donors (Lipinski definition) is 1. The quantitative estimate of drug-likeness (QED) is 0.947. The van der Waals surface area contributed by atoms with Crippen LogP contribution in [0, 0.1) is 12.8 Å². The predicted molar refractivity (Wildman–Crippen MR) is 85.6 cm³/mol. The summed E-state index contributed by atoms with van der Waals surface area (Å²) in [5, 5.41) is 4.17. The third-order valence-electron chi connectivity index (χ3n) is 4.00. The molecule has 1 N–H and O–H groups in total. The second-order valence-corrected chi connectivity index (χ2v) is 6.95. The molecule has 0 aromatic carbocycles. The van der Waals surface area contributed by atoms with Gasteiger partial charge in [0, 0.05) is 18.0 Å². The first-order valence-corrected chi connectivity index (χ1v) is 8.18. The Morgan fingerprint density at radius 1 is 1.43 bits per heavy atom. The van der Waals surface area contributed by atoms with Crippen molar-refractivity contribution in [3.8, 4) is 0 Å². The Kier molecular flexibility index (Phi) is 4.05. The summed E-state index contributed by atoms with van der Waals surface area (Å²) in [6.07, 6.45) is 3.76. The van der Waals surface area contributed by atoms with Crippen molar-refractivity contribution < 1.29 is 4.79 Å². The van der Waals surface area contributed by atoms with Crippen molar-refractivity contribution in [2.75, 3.05) is 25.0 Å². The second kappa shape index (κ2) is 5.97. The minimum absolute atomic E-state index is 0.153. The molecule has 1 saturated heterocycles. The topological polar surface area (TPSA) is 58.1 Å². The number of piperidine rings is 1. The van der Waals surface area contributed by atoms with E-state index in [-0.39, 0.29) is 5.91 Å². The van der Waals surface area contributed by atoms with Gasteiger partial charge in [-0.05, 0) is 31.7 Å². The number of aromatic nitrogens is 2. The van der Waals surface area contributed by atoms with E-state index in [1.807, 2.05) is 4.90 Å². The number of nitrogens with zero attached hydrogens (tertiary/aromatic N) is 3. The molecule has 0 atom stereocenters. The Labute approximate surface area is 128 Å². The third kappa shape index (κ3) is 3.15. The number of fused-ring (bicyclic) bond motifs is 1. The summed E-state index contributed by atoms with van der Waals surface area (Å²) < 4.78 is 0. The Morgan fingerprint density at radius 2 is 2.19 bits per heavy atom. The molecular formula is C15H20N4OS. The van der Waals surface area contributed by atoms with Crippen LogP contribution in [0.2, 0.25) is 0 Å². The Morgan fingerprint density at radius 3 is 2.95 bits per heavy atom. The van der Waals surface area contributed by atoms with Crippen LogP contribution in [0.25, 0.3) is 10.2 Å². The van der Waals surface area contributed by atoms with Gasteiger partial charge in [0.15, 0.2) is 0 Å². The predicted octanol–water partition coefficient (Wildman–Crippen LogP) is 2.67. The van der Waals surface area contributed by atoms with Gasteiger partial charge < -0.3 is 10.2 Å². The van der Waals surface area contributed by atoms with Crippen molar-refractivity contribution in [1.82, 2.24) is 14.9 Å². The molecule has 0 unspecified atom stereocenters. The summed E-state index contributed by atoms with van der Waals surface area (Å²) in [7, 11) is 0. The van der Waals surface area contributed by atoms with E-state index in [1.54, 1.807) is 17.7 Å². The summed E-state index contributed by atoms with van der Waals surface area (Å²) in [6.45, 7) is 6.35. The highest BCUT2D eigenvalue weighted by Gasteiger charge is 2.20. The standard InChI is InChI=1S/C15H20N4OS/c1-10-3-5-19(6-4-10)13(20)8-16-14-12-7-11(2)21-15(12)18-9-17-14/h7,9-10H,3-6,8H2,1-2H3,(H,16,17,18). The first-order chi connectivity index (χ1) is 10.1. The lowest BCUT2D eigenvalue weighted by molar-refractivity contribution is -0.130. The van der Waals surface area contributed by atoms with Crippen molar-refractivity contribution in [3.05, 3.63) is 17.3 Å². The molecule has 0 saturated carbocycles. The van der Waals surface area contributed by atoms with Gasteiger partial charge in [0.25, 0.3) is 0 Å². The maximum atomic E-state index is 12.2. The molecule has 2 aromatic heterocycles. The lowest BCUT2D eigenvalue weighted by Crippen LogP contribution is -2.41. The number of carbonyl (C=O) groups excluding carboxylic acids is 1. The highest BCUT2D eigenvalue weighted by molar-refractivity contribution is 7.18. The molecule has 6 heteroatoms. The third-order valence-corrected chi connectivity index (χ3v) is 4.95. The zero-order valence-corrected chi connectivity index (χ0v) is 13.2. The van der Waals surface area contributed by atoms with Gasteiger partial charge in [-0.1, -0.05) is 6.92 Å². The molecule has 1 aliphatic heterocycles. The average molecular weight is 304 g/mol. The molecule has 2 aromatic rings. The molecule has 1 aliphatic rings. The number of rotatable bonds is 3. The molecule has 0 spiro atoms. The highest BCUT2D eigenvalue weighted by atomic mass is 32.1. The molecule has 21 heavy (non-hydrogen) atoms. The van der Waals surface area contributed by atoms with Crippen LogP contribution in [-0.4, -0.2) is 40.4 Å². The fraction of sp³-hybridized carbons (Fsp3) is 0.533. The molecule has 1 fully saturated rings. The van der Waals surface area contributed by atoms with Gasteiger partial charge in [-0.15, -0.1) is 11.3 Å². The molecule has 1 amide bonds. The monoisotopic (exact) mass is 304 g/mol. The van der Waals surface area contributed by atoms with E-state index in [0.717, 1.165) is 47.9 Å². The van der Waals surface area contributed by atoms with Gasteiger partial charge in [0.1, 0.15) is 17.0 Å². The lowest BCUT2D eigenvalue weighted by Gasteiger charge is -2.30. The number of aryl methyl sites for hydroxylation is 1. The number of anilines is 1. The van der Waals surface area contributed by atoms with E-state index in [2.05, 4.69) is 35.2 Å². The van der Waals surface area contributed by atoms with E-state index in [1.165, 1.54) is 4.88 Å². The maximum absolute atomic E-state index is 12.2. The molecule has 0 aliphatic carbocycles. The van der Waals surface area contributed by atoms with Crippen molar-refractivity contribution in [1.29, 1.82) is 0 Å². The highest BCUT2D eigenvalue weighted by Crippen LogP contribution is 2.27. The van der Waals surface area contributed by atoms with E-state index < -0.39 is 0 Å². The van der Waals surface area contributed by atoms with E-state index >= 15 is 0 Å². The van der Waals surface area contributed by atoms with Crippen LogP contribution < -0.4 is 5.32 Å². The normalized spacial score (nSPS) is 16.4. The Hall–Kier alpha value is -1.69. The van der Waals surface area contributed by atoms with Gasteiger partial charge in [0.2, 0.25) is 5.91 Å². The smallest absolute Gasteiger partial charge is 0.241 e. The first kappa shape index (κ1) is 14.3. The molecule has 0 radical (unpaired) electrons. The number of carbonyl (C=O) groups is 1.